The molecule has 1 aliphatic carbocycles. The van der Waals surface area contributed by atoms with Gasteiger partial charge >= 0.3 is 5.97 Å². The van der Waals surface area contributed by atoms with E-state index in [0.717, 1.165) is 55.1 Å². The van der Waals surface area contributed by atoms with Gasteiger partial charge in [-0.3, -0.25) is 4.79 Å². The Morgan fingerprint density at radius 2 is 1.79 bits per heavy atom. The van der Waals surface area contributed by atoms with Crippen molar-refractivity contribution < 1.29 is 19.4 Å². The molecule has 1 aromatic heterocycles. The molecule has 1 aliphatic heterocycles. The van der Waals surface area contributed by atoms with Crippen molar-refractivity contribution in [1.29, 1.82) is 0 Å². The summed E-state index contributed by atoms with van der Waals surface area (Å²) < 4.78 is 5.41. The van der Waals surface area contributed by atoms with Crippen molar-refractivity contribution in [2.24, 2.45) is 11.3 Å². The van der Waals surface area contributed by atoms with Crippen LogP contribution in [0.2, 0.25) is 0 Å². The number of hydrogen-bond acceptors (Lipinski definition) is 5. The van der Waals surface area contributed by atoms with Crippen LogP contribution in [-0.4, -0.2) is 36.7 Å². The minimum absolute atomic E-state index is 0.0104. The first kappa shape index (κ1) is 23.8. The minimum atomic E-state index is -0.982. The fourth-order valence-corrected chi connectivity index (χ4v) is 6.75. The zero-order valence-corrected chi connectivity index (χ0v) is 20.7. The fraction of sp³-hybridized carbons (Fsp3) is 0.538. The maximum atomic E-state index is 13.0. The van der Waals surface area contributed by atoms with Crippen LogP contribution in [0.4, 0.5) is 10.7 Å². The summed E-state index contributed by atoms with van der Waals surface area (Å²) in [6.07, 6.45) is 3.81. The summed E-state index contributed by atoms with van der Waals surface area (Å²) in [5.41, 5.74) is 2.48. The highest BCUT2D eigenvalue weighted by Crippen LogP contribution is 2.52. The van der Waals surface area contributed by atoms with E-state index in [1.54, 1.807) is 12.1 Å². The van der Waals surface area contributed by atoms with Crippen LogP contribution in [0.1, 0.15) is 78.1 Å². The van der Waals surface area contributed by atoms with Crippen molar-refractivity contribution >= 4 is 33.9 Å². The Labute approximate surface area is 199 Å². The van der Waals surface area contributed by atoms with Gasteiger partial charge in [0, 0.05) is 35.9 Å². The number of rotatable bonds is 6. The van der Waals surface area contributed by atoms with E-state index in [9.17, 15) is 14.7 Å². The lowest BCUT2D eigenvalue weighted by Crippen LogP contribution is -2.34. The van der Waals surface area contributed by atoms with Crippen LogP contribution in [0.5, 0.6) is 0 Å². The summed E-state index contributed by atoms with van der Waals surface area (Å²) in [6, 6.07) is 7.36. The fourth-order valence-electron chi connectivity index (χ4n) is 5.44. The normalized spacial score (nSPS) is 19.5. The molecule has 7 heteroatoms. The number of fused-ring (bicyclic) bond motifs is 1. The lowest BCUT2D eigenvalue weighted by atomic mass is 9.65. The van der Waals surface area contributed by atoms with E-state index in [-0.39, 0.29) is 22.3 Å². The molecule has 3 N–H and O–H groups in total. The standard InChI is InChI=1S/C26H34N2O4S/c1-25(2)13-19-20(24(30)31)23(33-21(19)26(3,4)15-25)28-22(29)17-5-7-18(8-6-17)27-14-16-9-11-32-12-10-16/h5-8,16,27H,9-15H2,1-4H3,(H,28,29)(H,30,31). The number of carbonyl (C=O) groups excluding carboxylic acids is 1. The molecule has 0 unspecified atom stereocenters. The number of carboxylic acids is 1. The summed E-state index contributed by atoms with van der Waals surface area (Å²) in [5.74, 6) is -0.664. The van der Waals surface area contributed by atoms with Gasteiger partial charge in [-0.25, -0.2) is 4.79 Å². The molecule has 178 valence electrons. The second kappa shape index (κ2) is 9.11. The van der Waals surface area contributed by atoms with E-state index in [2.05, 4.69) is 38.3 Å². The molecule has 2 aromatic rings. The summed E-state index contributed by atoms with van der Waals surface area (Å²) in [4.78, 5) is 26.2. The molecule has 1 saturated heterocycles. The summed E-state index contributed by atoms with van der Waals surface area (Å²) in [7, 11) is 0. The maximum absolute atomic E-state index is 13.0. The molecular formula is C26H34N2O4S. The van der Waals surface area contributed by atoms with Crippen LogP contribution in [0, 0.1) is 11.3 Å². The van der Waals surface area contributed by atoms with E-state index < -0.39 is 5.97 Å². The highest BCUT2D eigenvalue weighted by Gasteiger charge is 2.42. The Kier molecular flexibility index (Phi) is 6.56. The van der Waals surface area contributed by atoms with Crippen LogP contribution in [-0.2, 0) is 16.6 Å². The number of anilines is 2. The van der Waals surface area contributed by atoms with Gasteiger partial charge in [0.15, 0.2) is 0 Å². The molecule has 33 heavy (non-hydrogen) atoms. The second-order valence-corrected chi connectivity index (χ2v) is 11.8. The topological polar surface area (TPSA) is 87.7 Å². The third kappa shape index (κ3) is 5.25. The third-order valence-corrected chi connectivity index (χ3v) is 8.23. The van der Waals surface area contributed by atoms with Crippen molar-refractivity contribution in [2.45, 2.75) is 58.8 Å². The van der Waals surface area contributed by atoms with Gasteiger partial charge < -0.3 is 20.5 Å². The number of carboxylic acid groups (broad SMARTS) is 1. The lowest BCUT2D eigenvalue weighted by Gasteiger charge is -2.40. The first-order chi connectivity index (χ1) is 15.6. The van der Waals surface area contributed by atoms with Crippen LogP contribution < -0.4 is 10.6 Å². The highest BCUT2D eigenvalue weighted by molar-refractivity contribution is 7.17. The lowest BCUT2D eigenvalue weighted by molar-refractivity contribution is 0.0694. The van der Waals surface area contributed by atoms with Gasteiger partial charge in [0.1, 0.15) is 5.00 Å². The molecule has 1 aromatic carbocycles. The molecule has 0 radical (unpaired) electrons. The minimum Gasteiger partial charge on any atom is -0.478 e. The van der Waals surface area contributed by atoms with Crippen LogP contribution in [0.15, 0.2) is 24.3 Å². The Morgan fingerprint density at radius 1 is 1.12 bits per heavy atom. The first-order valence-corrected chi connectivity index (χ1v) is 12.5. The van der Waals surface area contributed by atoms with E-state index in [0.29, 0.717) is 22.9 Å². The molecule has 4 rings (SSSR count). The van der Waals surface area contributed by atoms with Gasteiger partial charge in [0.25, 0.3) is 5.91 Å². The van der Waals surface area contributed by atoms with Crippen molar-refractivity contribution in [2.75, 3.05) is 30.4 Å². The van der Waals surface area contributed by atoms with Crippen molar-refractivity contribution in [1.82, 2.24) is 0 Å². The van der Waals surface area contributed by atoms with Gasteiger partial charge in [-0.05, 0) is 72.3 Å². The molecule has 1 fully saturated rings. The predicted molar refractivity (Wildman–Crippen MR) is 133 cm³/mol. The van der Waals surface area contributed by atoms with Crippen molar-refractivity contribution in [3.63, 3.8) is 0 Å². The predicted octanol–water partition coefficient (Wildman–Crippen LogP) is 5.79. The zero-order chi connectivity index (χ0) is 23.8. The maximum Gasteiger partial charge on any atom is 0.339 e. The molecule has 2 heterocycles. The average Bonchev–Trinajstić information content (AvgIpc) is 3.10. The van der Waals surface area contributed by atoms with Gasteiger partial charge in [-0.1, -0.05) is 27.7 Å². The average molecular weight is 471 g/mol. The number of thiophene rings is 1. The Hall–Kier alpha value is -2.38. The van der Waals surface area contributed by atoms with Gasteiger partial charge in [0.2, 0.25) is 0 Å². The highest BCUT2D eigenvalue weighted by atomic mass is 32.1. The van der Waals surface area contributed by atoms with E-state index in [1.165, 1.54) is 11.3 Å². The number of ether oxygens (including phenoxy) is 1. The largest absolute Gasteiger partial charge is 0.478 e. The third-order valence-electron chi connectivity index (χ3n) is 6.72. The SMILES string of the molecule is CC1(C)Cc2c(sc(NC(=O)c3ccc(NCC4CCOCC4)cc3)c2C(=O)O)C(C)(C)C1. The molecule has 0 atom stereocenters. The molecule has 0 bridgehead atoms. The van der Waals surface area contributed by atoms with Gasteiger partial charge in [-0.15, -0.1) is 11.3 Å². The molecular weight excluding hydrogens is 436 g/mol. The number of carbonyl (C=O) groups is 2. The van der Waals surface area contributed by atoms with Gasteiger partial charge in [-0.2, -0.15) is 0 Å². The second-order valence-electron chi connectivity index (χ2n) is 10.8. The Bertz CT molecular complexity index is 1030. The number of nitrogens with one attached hydrogen (secondary N) is 2. The van der Waals surface area contributed by atoms with E-state index in [1.807, 2.05) is 12.1 Å². The number of amides is 1. The van der Waals surface area contributed by atoms with Crippen LogP contribution >= 0.6 is 11.3 Å². The Balaban J connectivity index is 1.49. The molecule has 2 aliphatic rings. The smallest absolute Gasteiger partial charge is 0.339 e. The molecule has 0 spiro atoms. The number of benzene rings is 1. The number of hydrogen-bond donors (Lipinski definition) is 3. The molecule has 1 amide bonds. The van der Waals surface area contributed by atoms with Crippen LogP contribution in [0.3, 0.4) is 0 Å². The van der Waals surface area contributed by atoms with Gasteiger partial charge in [0.05, 0.1) is 5.56 Å². The summed E-state index contributed by atoms with van der Waals surface area (Å²) in [6.45, 7) is 11.2. The van der Waals surface area contributed by atoms with Crippen molar-refractivity contribution in [3.8, 4) is 0 Å². The molecule has 0 saturated carbocycles. The van der Waals surface area contributed by atoms with Crippen molar-refractivity contribution in [3.05, 3.63) is 45.8 Å². The quantitative estimate of drug-likeness (QED) is 0.498. The van der Waals surface area contributed by atoms with E-state index in [4.69, 9.17) is 4.74 Å². The van der Waals surface area contributed by atoms with Crippen LogP contribution in [0.25, 0.3) is 0 Å². The molecule has 6 nitrogen and oxygen atoms in total. The first-order valence-electron chi connectivity index (χ1n) is 11.7. The summed E-state index contributed by atoms with van der Waals surface area (Å²) >= 11 is 1.41. The zero-order valence-electron chi connectivity index (χ0n) is 19.9. The van der Waals surface area contributed by atoms with E-state index >= 15 is 0 Å². The summed E-state index contributed by atoms with van der Waals surface area (Å²) in [5, 5.41) is 16.8. The Morgan fingerprint density at radius 3 is 2.42 bits per heavy atom. The monoisotopic (exact) mass is 470 g/mol. The number of aromatic carboxylic acids is 1.